The minimum Gasteiger partial charge on any atom is -0.333 e. The van der Waals surface area contributed by atoms with Gasteiger partial charge in [-0.1, -0.05) is 0 Å². The molecular formula is C14H17IN2O3. The fraction of sp³-hybridized carbons (Fsp3) is 0.500. The Morgan fingerprint density at radius 3 is 2.50 bits per heavy atom. The summed E-state index contributed by atoms with van der Waals surface area (Å²) in [5.74, 6) is -0.0993. The molecule has 0 bridgehead atoms. The molecule has 1 fully saturated rings. The number of nitro benzene ring substituents is 1. The lowest BCUT2D eigenvalue weighted by Crippen LogP contribution is -2.47. The second kappa shape index (κ2) is 6.07. The molecule has 1 heterocycles. The molecule has 1 aliphatic heterocycles. The topological polar surface area (TPSA) is 63.5 Å². The van der Waals surface area contributed by atoms with Crippen LogP contribution in [0.2, 0.25) is 0 Å². The summed E-state index contributed by atoms with van der Waals surface area (Å²) in [4.78, 5) is 25.0. The van der Waals surface area contributed by atoms with Crippen LogP contribution in [-0.2, 0) is 0 Å². The van der Waals surface area contributed by atoms with Crippen molar-refractivity contribution in [2.75, 3.05) is 0 Å². The maximum Gasteiger partial charge on any atom is 0.270 e. The van der Waals surface area contributed by atoms with Crippen molar-refractivity contribution < 1.29 is 9.72 Å². The number of nitrogens with zero attached hydrogens (tertiary/aromatic N) is 2. The molecule has 1 aromatic carbocycles. The Balaban J connectivity index is 2.37. The maximum absolute atomic E-state index is 12.7. The van der Waals surface area contributed by atoms with Crippen LogP contribution in [0.4, 0.5) is 5.69 Å². The van der Waals surface area contributed by atoms with Gasteiger partial charge < -0.3 is 4.90 Å². The fourth-order valence-electron chi connectivity index (χ4n) is 2.75. The highest BCUT2D eigenvalue weighted by atomic mass is 127. The minimum atomic E-state index is -0.462. The lowest BCUT2D eigenvalue weighted by molar-refractivity contribution is -0.384. The highest BCUT2D eigenvalue weighted by molar-refractivity contribution is 14.1. The van der Waals surface area contributed by atoms with Crippen molar-refractivity contribution in [2.45, 2.75) is 45.2 Å². The second-order valence-corrected chi connectivity index (χ2v) is 6.42. The van der Waals surface area contributed by atoms with Gasteiger partial charge in [-0.05, 0) is 61.8 Å². The van der Waals surface area contributed by atoms with E-state index in [4.69, 9.17) is 0 Å². The van der Waals surface area contributed by atoms with Crippen molar-refractivity contribution in [1.82, 2.24) is 4.90 Å². The molecule has 108 valence electrons. The Hall–Kier alpha value is -1.18. The van der Waals surface area contributed by atoms with Gasteiger partial charge in [0.25, 0.3) is 11.6 Å². The number of piperidine rings is 1. The van der Waals surface area contributed by atoms with E-state index in [1.807, 2.05) is 18.7 Å². The van der Waals surface area contributed by atoms with Crippen LogP contribution in [0.15, 0.2) is 18.2 Å². The van der Waals surface area contributed by atoms with Crippen molar-refractivity contribution in [2.24, 2.45) is 0 Å². The molecule has 6 heteroatoms. The lowest BCUT2D eigenvalue weighted by atomic mass is 9.96. The lowest BCUT2D eigenvalue weighted by Gasteiger charge is -2.39. The monoisotopic (exact) mass is 388 g/mol. The molecule has 5 nitrogen and oxygen atoms in total. The SMILES string of the molecule is C[C@@H]1CCC[C@H](C)N1C(=O)c1cc([N+](=O)[O-])ccc1I. The van der Waals surface area contributed by atoms with E-state index in [0.29, 0.717) is 5.56 Å². The molecule has 0 aliphatic carbocycles. The van der Waals surface area contributed by atoms with Crippen molar-refractivity contribution in [1.29, 1.82) is 0 Å². The van der Waals surface area contributed by atoms with E-state index >= 15 is 0 Å². The third-order valence-electron chi connectivity index (χ3n) is 3.82. The van der Waals surface area contributed by atoms with Crippen LogP contribution in [0.25, 0.3) is 0 Å². The Morgan fingerprint density at radius 2 is 1.95 bits per heavy atom. The molecule has 1 amide bonds. The zero-order chi connectivity index (χ0) is 14.9. The first-order valence-corrected chi connectivity index (χ1v) is 7.76. The van der Waals surface area contributed by atoms with Gasteiger partial charge in [0, 0.05) is 27.8 Å². The smallest absolute Gasteiger partial charge is 0.270 e. The van der Waals surface area contributed by atoms with Crippen LogP contribution in [-0.4, -0.2) is 27.8 Å². The third-order valence-corrected chi connectivity index (χ3v) is 4.76. The van der Waals surface area contributed by atoms with E-state index in [0.717, 1.165) is 22.8 Å². The summed E-state index contributed by atoms with van der Waals surface area (Å²) in [5, 5.41) is 10.9. The van der Waals surface area contributed by atoms with Gasteiger partial charge in [-0.3, -0.25) is 14.9 Å². The highest BCUT2D eigenvalue weighted by Crippen LogP contribution is 2.27. The Morgan fingerprint density at radius 1 is 1.35 bits per heavy atom. The summed E-state index contributed by atoms with van der Waals surface area (Å²) < 4.78 is 0.753. The van der Waals surface area contributed by atoms with Gasteiger partial charge >= 0.3 is 0 Å². The largest absolute Gasteiger partial charge is 0.333 e. The molecule has 0 radical (unpaired) electrons. The molecule has 1 aromatic rings. The van der Waals surface area contributed by atoms with E-state index in [1.54, 1.807) is 6.07 Å². The quantitative estimate of drug-likeness (QED) is 0.442. The summed E-state index contributed by atoms with van der Waals surface area (Å²) in [6.45, 7) is 4.08. The van der Waals surface area contributed by atoms with E-state index < -0.39 is 4.92 Å². The standard InChI is InChI=1S/C14H17IN2O3/c1-9-4-3-5-10(2)16(9)14(18)12-8-11(17(19)20)6-7-13(12)15/h6-10H,3-5H2,1-2H3/t9-,10+. The second-order valence-electron chi connectivity index (χ2n) is 5.26. The molecule has 2 atom stereocenters. The fourth-order valence-corrected chi connectivity index (χ4v) is 3.32. The van der Waals surface area contributed by atoms with Gasteiger partial charge in [0.15, 0.2) is 0 Å². The van der Waals surface area contributed by atoms with E-state index in [9.17, 15) is 14.9 Å². The number of carbonyl (C=O) groups is 1. The predicted octanol–water partition coefficient (Wildman–Crippen LogP) is 3.60. The summed E-state index contributed by atoms with van der Waals surface area (Å²) in [6.07, 6.45) is 3.10. The maximum atomic E-state index is 12.7. The van der Waals surface area contributed by atoms with E-state index in [1.165, 1.54) is 12.1 Å². The number of nitro groups is 1. The molecule has 20 heavy (non-hydrogen) atoms. The van der Waals surface area contributed by atoms with Crippen LogP contribution < -0.4 is 0 Å². The van der Waals surface area contributed by atoms with Crippen molar-refractivity contribution in [3.63, 3.8) is 0 Å². The van der Waals surface area contributed by atoms with Gasteiger partial charge in [0.2, 0.25) is 0 Å². The Labute approximate surface area is 131 Å². The Kier molecular flexibility index (Phi) is 4.62. The molecule has 1 aliphatic rings. The average Bonchev–Trinajstić information content (AvgIpc) is 2.38. The van der Waals surface area contributed by atoms with Crippen LogP contribution in [0.1, 0.15) is 43.5 Å². The van der Waals surface area contributed by atoms with Crippen LogP contribution >= 0.6 is 22.6 Å². The number of halogens is 1. The third kappa shape index (κ3) is 2.94. The summed E-state index contributed by atoms with van der Waals surface area (Å²) >= 11 is 2.06. The van der Waals surface area contributed by atoms with E-state index in [-0.39, 0.29) is 23.7 Å². The van der Waals surface area contributed by atoms with Gasteiger partial charge in [-0.2, -0.15) is 0 Å². The molecule has 0 N–H and O–H groups in total. The molecule has 0 saturated carbocycles. The molecule has 0 spiro atoms. The average molecular weight is 388 g/mol. The molecule has 1 saturated heterocycles. The summed E-state index contributed by atoms with van der Waals surface area (Å²) in [7, 11) is 0. The zero-order valence-electron chi connectivity index (χ0n) is 11.5. The number of likely N-dealkylation sites (tertiary alicyclic amines) is 1. The predicted molar refractivity (Wildman–Crippen MR) is 84.8 cm³/mol. The zero-order valence-corrected chi connectivity index (χ0v) is 13.7. The number of non-ortho nitro benzene ring substituents is 1. The summed E-state index contributed by atoms with van der Waals surface area (Å²) in [5.41, 5.74) is 0.395. The van der Waals surface area contributed by atoms with Crippen molar-refractivity contribution in [3.05, 3.63) is 37.4 Å². The number of carbonyl (C=O) groups excluding carboxylic acids is 1. The first-order chi connectivity index (χ1) is 9.41. The molecule has 0 aromatic heterocycles. The highest BCUT2D eigenvalue weighted by Gasteiger charge is 2.31. The number of hydrogen-bond acceptors (Lipinski definition) is 3. The van der Waals surface area contributed by atoms with Gasteiger partial charge in [0.1, 0.15) is 0 Å². The minimum absolute atomic E-state index is 0.0360. The first kappa shape index (κ1) is 15.2. The first-order valence-electron chi connectivity index (χ1n) is 6.68. The molecular weight excluding hydrogens is 371 g/mol. The van der Waals surface area contributed by atoms with Crippen molar-refractivity contribution >= 4 is 34.2 Å². The number of amides is 1. The molecule has 0 unspecified atom stereocenters. The van der Waals surface area contributed by atoms with Crippen LogP contribution in [0.5, 0.6) is 0 Å². The van der Waals surface area contributed by atoms with Gasteiger partial charge in [-0.15, -0.1) is 0 Å². The normalized spacial score (nSPS) is 22.6. The number of rotatable bonds is 2. The van der Waals surface area contributed by atoms with Gasteiger partial charge in [-0.25, -0.2) is 0 Å². The number of benzene rings is 1. The van der Waals surface area contributed by atoms with Crippen LogP contribution in [0.3, 0.4) is 0 Å². The van der Waals surface area contributed by atoms with E-state index in [2.05, 4.69) is 22.6 Å². The Bertz CT molecular complexity index is 537. The number of hydrogen-bond donors (Lipinski definition) is 0. The van der Waals surface area contributed by atoms with Crippen molar-refractivity contribution in [3.8, 4) is 0 Å². The molecule has 2 rings (SSSR count). The van der Waals surface area contributed by atoms with Crippen LogP contribution in [0, 0.1) is 13.7 Å². The summed E-state index contributed by atoms with van der Waals surface area (Å²) in [6, 6.07) is 4.81. The van der Waals surface area contributed by atoms with Gasteiger partial charge in [0.05, 0.1) is 10.5 Å².